The Bertz CT molecular complexity index is 640. The summed E-state index contributed by atoms with van der Waals surface area (Å²) in [5.74, 6) is 0.521. The van der Waals surface area contributed by atoms with Crippen LogP contribution in [0.1, 0.15) is 21.5 Å². The topological polar surface area (TPSA) is 45.2 Å². The van der Waals surface area contributed by atoms with Gasteiger partial charge in [0, 0.05) is 31.3 Å². The minimum atomic E-state index is -0.0614. The minimum Gasteiger partial charge on any atom is -0.372 e. The van der Waals surface area contributed by atoms with Crippen LogP contribution in [0, 0.1) is 6.92 Å². The lowest BCUT2D eigenvalue weighted by atomic mass is 10.1. The van der Waals surface area contributed by atoms with Crippen LogP contribution in [0.25, 0.3) is 0 Å². The van der Waals surface area contributed by atoms with Gasteiger partial charge in [-0.3, -0.25) is 4.79 Å². The molecule has 0 spiro atoms. The highest BCUT2D eigenvalue weighted by atomic mass is 79.9. The lowest BCUT2D eigenvalue weighted by molar-refractivity contribution is 0.0785. The van der Waals surface area contributed by atoms with E-state index < -0.39 is 0 Å². The zero-order valence-electron chi connectivity index (χ0n) is 12.4. The number of amides is 1. The number of aromatic nitrogens is 1. The Morgan fingerprint density at radius 3 is 2.62 bits per heavy atom. The number of nitrogens with one attached hydrogen (secondary N) is 1. The Morgan fingerprint density at radius 1 is 1.33 bits per heavy atom. The van der Waals surface area contributed by atoms with E-state index >= 15 is 0 Å². The average Bonchev–Trinajstić information content (AvgIpc) is 2.48. The third kappa shape index (κ3) is 3.82. The number of halogens is 1. The largest absolute Gasteiger partial charge is 0.372 e. The van der Waals surface area contributed by atoms with Gasteiger partial charge in [0.05, 0.1) is 5.56 Å². The maximum absolute atomic E-state index is 12.6. The molecule has 0 aliphatic rings. The summed E-state index contributed by atoms with van der Waals surface area (Å²) < 4.78 is 0.786. The third-order valence-electron chi connectivity index (χ3n) is 3.21. The summed E-state index contributed by atoms with van der Waals surface area (Å²) in [4.78, 5) is 18.5. The molecule has 0 saturated carbocycles. The molecule has 1 aromatic carbocycles. The van der Waals surface area contributed by atoms with E-state index in [1.54, 1.807) is 31.3 Å². The lowest BCUT2D eigenvalue weighted by Crippen LogP contribution is -2.27. The standard InChI is InChI=1S/C16H18BrN3O/c1-11-4-6-12(7-5-11)10-20(3)16(21)14-8-13(17)9-19-15(14)18-2/h4-9H,10H2,1-3H3,(H,18,19). The van der Waals surface area contributed by atoms with E-state index in [1.807, 2.05) is 31.2 Å². The van der Waals surface area contributed by atoms with Crippen LogP contribution in [0.15, 0.2) is 41.0 Å². The van der Waals surface area contributed by atoms with E-state index in [0.717, 1.165) is 10.0 Å². The van der Waals surface area contributed by atoms with Gasteiger partial charge in [0.2, 0.25) is 0 Å². The highest BCUT2D eigenvalue weighted by Gasteiger charge is 2.17. The van der Waals surface area contributed by atoms with Gasteiger partial charge in [0.1, 0.15) is 5.82 Å². The maximum atomic E-state index is 12.6. The molecule has 1 heterocycles. The third-order valence-corrected chi connectivity index (χ3v) is 3.64. The Hall–Kier alpha value is -1.88. The molecule has 1 amide bonds. The summed E-state index contributed by atoms with van der Waals surface area (Å²) in [6, 6.07) is 9.96. The van der Waals surface area contributed by atoms with E-state index in [1.165, 1.54) is 5.56 Å². The second kappa shape index (κ2) is 6.72. The molecule has 0 saturated heterocycles. The van der Waals surface area contributed by atoms with Crippen molar-refractivity contribution in [3.05, 3.63) is 57.7 Å². The Labute approximate surface area is 133 Å². The molecule has 0 aliphatic heterocycles. The van der Waals surface area contributed by atoms with Crippen LogP contribution in [-0.4, -0.2) is 29.9 Å². The van der Waals surface area contributed by atoms with E-state index in [2.05, 4.69) is 26.2 Å². The van der Waals surface area contributed by atoms with Crippen molar-refractivity contribution in [2.24, 2.45) is 0 Å². The van der Waals surface area contributed by atoms with Crippen LogP contribution >= 0.6 is 15.9 Å². The summed E-state index contributed by atoms with van der Waals surface area (Å²) in [6.45, 7) is 2.61. The molecule has 4 nitrogen and oxygen atoms in total. The fourth-order valence-electron chi connectivity index (χ4n) is 2.05. The number of nitrogens with zero attached hydrogens (tertiary/aromatic N) is 2. The normalized spacial score (nSPS) is 10.3. The number of anilines is 1. The van der Waals surface area contributed by atoms with Gasteiger partial charge in [0.15, 0.2) is 0 Å². The molecule has 0 bridgehead atoms. The van der Waals surface area contributed by atoms with E-state index in [-0.39, 0.29) is 5.91 Å². The number of rotatable bonds is 4. The zero-order valence-corrected chi connectivity index (χ0v) is 13.9. The van der Waals surface area contributed by atoms with Crippen molar-refractivity contribution in [3.8, 4) is 0 Å². The molecule has 0 fully saturated rings. The number of aryl methyl sites for hydroxylation is 1. The molecular formula is C16H18BrN3O. The van der Waals surface area contributed by atoms with Crippen LogP contribution in [0.2, 0.25) is 0 Å². The van der Waals surface area contributed by atoms with Gasteiger partial charge >= 0.3 is 0 Å². The zero-order chi connectivity index (χ0) is 15.4. The minimum absolute atomic E-state index is 0.0614. The summed E-state index contributed by atoms with van der Waals surface area (Å²) in [5.41, 5.74) is 2.87. The molecule has 1 N–H and O–H groups in total. The van der Waals surface area contributed by atoms with Gasteiger partial charge in [-0.05, 0) is 34.5 Å². The first-order valence-corrected chi connectivity index (χ1v) is 7.45. The highest BCUT2D eigenvalue weighted by molar-refractivity contribution is 9.10. The molecule has 1 aromatic heterocycles. The smallest absolute Gasteiger partial charge is 0.257 e. The summed E-state index contributed by atoms with van der Waals surface area (Å²) in [7, 11) is 3.55. The van der Waals surface area contributed by atoms with Crippen molar-refractivity contribution in [2.75, 3.05) is 19.4 Å². The molecule has 0 atom stereocenters. The van der Waals surface area contributed by atoms with Gasteiger partial charge < -0.3 is 10.2 Å². The van der Waals surface area contributed by atoms with Crippen LogP contribution in [0.4, 0.5) is 5.82 Å². The molecule has 0 radical (unpaired) electrons. The van der Waals surface area contributed by atoms with Crippen LogP contribution in [-0.2, 0) is 6.54 Å². The van der Waals surface area contributed by atoms with Crippen molar-refractivity contribution in [1.82, 2.24) is 9.88 Å². The fourth-order valence-corrected chi connectivity index (χ4v) is 2.38. The predicted octanol–water partition coefficient (Wildman–Crippen LogP) is 3.47. The van der Waals surface area contributed by atoms with E-state index in [9.17, 15) is 4.79 Å². The Morgan fingerprint density at radius 2 is 2.00 bits per heavy atom. The second-order valence-corrected chi connectivity index (χ2v) is 5.86. The van der Waals surface area contributed by atoms with Gasteiger partial charge in [0.25, 0.3) is 5.91 Å². The first-order chi connectivity index (χ1) is 10.0. The number of benzene rings is 1. The fraction of sp³-hybridized carbons (Fsp3) is 0.250. The predicted molar refractivity (Wildman–Crippen MR) is 88.5 cm³/mol. The number of carbonyl (C=O) groups is 1. The average molecular weight is 348 g/mol. The Balaban J connectivity index is 2.19. The van der Waals surface area contributed by atoms with Crippen molar-refractivity contribution >= 4 is 27.7 Å². The lowest BCUT2D eigenvalue weighted by Gasteiger charge is -2.19. The number of hydrogen-bond donors (Lipinski definition) is 1. The maximum Gasteiger partial charge on any atom is 0.257 e. The molecule has 5 heteroatoms. The first kappa shape index (κ1) is 15.5. The molecule has 2 aromatic rings. The first-order valence-electron chi connectivity index (χ1n) is 6.65. The second-order valence-electron chi connectivity index (χ2n) is 4.95. The van der Waals surface area contributed by atoms with Gasteiger partial charge in [-0.15, -0.1) is 0 Å². The van der Waals surface area contributed by atoms with Crippen molar-refractivity contribution in [3.63, 3.8) is 0 Å². The van der Waals surface area contributed by atoms with Gasteiger partial charge in [-0.2, -0.15) is 0 Å². The van der Waals surface area contributed by atoms with Crippen molar-refractivity contribution in [2.45, 2.75) is 13.5 Å². The summed E-state index contributed by atoms with van der Waals surface area (Å²) >= 11 is 3.36. The monoisotopic (exact) mass is 347 g/mol. The molecule has 0 unspecified atom stereocenters. The van der Waals surface area contributed by atoms with Crippen molar-refractivity contribution in [1.29, 1.82) is 0 Å². The van der Waals surface area contributed by atoms with Crippen LogP contribution in [0.5, 0.6) is 0 Å². The highest BCUT2D eigenvalue weighted by Crippen LogP contribution is 2.20. The summed E-state index contributed by atoms with van der Waals surface area (Å²) in [5, 5.41) is 2.95. The summed E-state index contributed by atoms with van der Waals surface area (Å²) in [6.07, 6.45) is 1.67. The Kier molecular flexibility index (Phi) is 4.96. The SMILES string of the molecule is CNc1ncc(Br)cc1C(=O)N(C)Cc1ccc(C)cc1. The van der Waals surface area contributed by atoms with Crippen LogP contribution < -0.4 is 5.32 Å². The molecule has 0 aliphatic carbocycles. The van der Waals surface area contributed by atoms with Gasteiger partial charge in [-0.25, -0.2) is 4.98 Å². The van der Waals surface area contributed by atoms with E-state index in [4.69, 9.17) is 0 Å². The molecule has 2 rings (SSSR count). The molecular weight excluding hydrogens is 330 g/mol. The number of hydrogen-bond acceptors (Lipinski definition) is 3. The molecule has 21 heavy (non-hydrogen) atoms. The van der Waals surface area contributed by atoms with Gasteiger partial charge in [-0.1, -0.05) is 29.8 Å². The quantitative estimate of drug-likeness (QED) is 0.920. The van der Waals surface area contributed by atoms with Crippen molar-refractivity contribution < 1.29 is 4.79 Å². The van der Waals surface area contributed by atoms with Crippen LogP contribution in [0.3, 0.4) is 0 Å². The van der Waals surface area contributed by atoms with E-state index in [0.29, 0.717) is 17.9 Å². The number of carbonyl (C=O) groups excluding carboxylic acids is 1. The molecule has 110 valence electrons. The number of pyridine rings is 1.